The fourth-order valence-corrected chi connectivity index (χ4v) is 3.60. The van der Waals surface area contributed by atoms with Gasteiger partial charge in [-0.25, -0.2) is 4.79 Å². The number of aliphatic carboxylic acids is 1. The Bertz CT molecular complexity index is 792. The van der Waals surface area contributed by atoms with E-state index >= 15 is 0 Å². The molecule has 0 saturated carbocycles. The van der Waals surface area contributed by atoms with Gasteiger partial charge in [0.1, 0.15) is 0 Å². The predicted molar refractivity (Wildman–Crippen MR) is 95.3 cm³/mol. The Morgan fingerprint density at radius 2 is 2.11 bits per heavy atom. The summed E-state index contributed by atoms with van der Waals surface area (Å²) in [5.74, 6) is -2.67. The molecule has 1 amide bonds. The number of aryl methyl sites for hydroxylation is 1. The average molecular weight is 419 g/mol. The molecule has 7 nitrogen and oxygen atoms in total. The molecule has 0 radical (unpaired) electrons. The fraction of sp³-hybridized carbons (Fsp3) is 0.471. The summed E-state index contributed by atoms with van der Waals surface area (Å²) in [6.45, 7) is 4.08. The maximum absolute atomic E-state index is 12.7. The summed E-state index contributed by atoms with van der Waals surface area (Å²) in [6, 6.07) is 3.73. The number of methoxy groups -OCH3 is 1. The van der Waals surface area contributed by atoms with Crippen LogP contribution in [0, 0.1) is 0 Å². The minimum Gasteiger partial charge on any atom is -0.475 e. The van der Waals surface area contributed by atoms with E-state index in [1.54, 1.807) is 7.11 Å². The van der Waals surface area contributed by atoms with Gasteiger partial charge in [0.15, 0.2) is 0 Å². The van der Waals surface area contributed by atoms with Crippen LogP contribution in [0.15, 0.2) is 23.7 Å². The van der Waals surface area contributed by atoms with Crippen LogP contribution < -0.4 is 0 Å². The summed E-state index contributed by atoms with van der Waals surface area (Å²) < 4.78 is 39.1. The monoisotopic (exact) mass is 419 g/mol. The number of carboxylic acid groups (broad SMARTS) is 1. The van der Waals surface area contributed by atoms with Crippen LogP contribution in [0.4, 0.5) is 13.2 Å². The molecular formula is C17H20F3N3O4S. The van der Waals surface area contributed by atoms with E-state index in [1.807, 2.05) is 33.3 Å². The standard InChI is InChI=1S/C15H19N3O2S.C2HF3O2/c1-3-18-14-11(9-16-18)6-7-17(12(14)10-20-2)15(19)13-5-4-8-21-13;3-2(4,5)1(6)7/h4-5,8-9,12H,3,6-7,10H2,1-2H3;(H,6,7). The van der Waals surface area contributed by atoms with Gasteiger partial charge in [-0.2, -0.15) is 18.3 Å². The molecule has 0 aliphatic carbocycles. The van der Waals surface area contributed by atoms with Crippen LogP contribution in [-0.4, -0.2) is 58.1 Å². The Hall–Kier alpha value is -2.40. The molecule has 154 valence electrons. The third kappa shape index (κ3) is 4.90. The van der Waals surface area contributed by atoms with Gasteiger partial charge in [0, 0.05) is 20.2 Å². The summed E-state index contributed by atoms with van der Waals surface area (Å²) in [5.41, 5.74) is 2.35. The number of nitrogens with zero attached hydrogens (tertiary/aromatic N) is 3. The molecular weight excluding hydrogens is 399 g/mol. The van der Waals surface area contributed by atoms with Crippen LogP contribution in [0.5, 0.6) is 0 Å². The van der Waals surface area contributed by atoms with E-state index in [4.69, 9.17) is 14.6 Å². The minimum atomic E-state index is -5.08. The number of carbonyl (C=O) groups excluding carboxylic acids is 1. The van der Waals surface area contributed by atoms with E-state index in [0.717, 1.165) is 23.5 Å². The lowest BCUT2D eigenvalue weighted by Gasteiger charge is -2.35. The molecule has 0 fully saturated rings. The van der Waals surface area contributed by atoms with E-state index in [1.165, 1.54) is 16.9 Å². The Morgan fingerprint density at radius 1 is 1.43 bits per heavy atom. The van der Waals surface area contributed by atoms with E-state index in [-0.39, 0.29) is 11.9 Å². The summed E-state index contributed by atoms with van der Waals surface area (Å²) in [4.78, 5) is 24.3. The topological polar surface area (TPSA) is 84.7 Å². The predicted octanol–water partition coefficient (Wildman–Crippen LogP) is 2.98. The first kappa shape index (κ1) is 21.9. The highest BCUT2D eigenvalue weighted by Gasteiger charge is 2.38. The van der Waals surface area contributed by atoms with Crippen LogP contribution in [0.25, 0.3) is 0 Å². The molecule has 0 saturated heterocycles. The van der Waals surface area contributed by atoms with Gasteiger partial charge in [-0.05, 0) is 30.4 Å². The molecule has 1 aliphatic rings. The summed E-state index contributed by atoms with van der Waals surface area (Å²) in [5, 5.41) is 13.5. The van der Waals surface area contributed by atoms with Gasteiger partial charge in [-0.1, -0.05) is 6.07 Å². The van der Waals surface area contributed by atoms with Crippen LogP contribution in [0.2, 0.25) is 0 Å². The van der Waals surface area contributed by atoms with Gasteiger partial charge >= 0.3 is 12.1 Å². The van der Waals surface area contributed by atoms with Crippen LogP contribution in [0.1, 0.15) is 33.9 Å². The maximum Gasteiger partial charge on any atom is 0.490 e. The Balaban J connectivity index is 0.000000345. The Labute approximate surface area is 163 Å². The third-order valence-corrected chi connectivity index (χ3v) is 4.99. The minimum absolute atomic E-state index is 0.0594. The summed E-state index contributed by atoms with van der Waals surface area (Å²) in [6.07, 6.45) is -2.30. The summed E-state index contributed by atoms with van der Waals surface area (Å²) in [7, 11) is 1.68. The number of ether oxygens (including phenoxy) is 1. The number of carboxylic acids is 1. The van der Waals surface area contributed by atoms with Crippen molar-refractivity contribution in [3.8, 4) is 0 Å². The highest BCUT2D eigenvalue weighted by Crippen LogP contribution is 2.31. The molecule has 11 heteroatoms. The smallest absolute Gasteiger partial charge is 0.475 e. The normalized spacial score (nSPS) is 16.2. The second kappa shape index (κ2) is 9.20. The molecule has 1 unspecified atom stereocenters. The van der Waals surface area contributed by atoms with E-state index < -0.39 is 12.1 Å². The lowest BCUT2D eigenvalue weighted by Crippen LogP contribution is -2.42. The molecule has 2 aromatic rings. The molecule has 2 aromatic heterocycles. The van der Waals surface area contributed by atoms with E-state index in [2.05, 4.69) is 12.0 Å². The second-order valence-electron chi connectivity index (χ2n) is 5.87. The van der Waals surface area contributed by atoms with Gasteiger partial charge in [0.05, 0.1) is 29.4 Å². The molecule has 3 heterocycles. The first-order valence-electron chi connectivity index (χ1n) is 8.38. The number of fused-ring (bicyclic) bond motifs is 1. The quantitative estimate of drug-likeness (QED) is 0.824. The zero-order valence-corrected chi connectivity index (χ0v) is 16.1. The molecule has 1 N–H and O–H groups in total. The largest absolute Gasteiger partial charge is 0.490 e. The molecule has 1 aliphatic heterocycles. The van der Waals surface area contributed by atoms with Gasteiger partial charge in [0.2, 0.25) is 0 Å². The first-order valence-corrected chi connectivity index (χ1v) is 9.26. The fourth-order valence-electron chi connectivity index (χ4n) is 2.92. The van der Waals surface area contributed by atoms with Gasteiger partial charge in [0.25, 0.3) is 5.91 Å². The van der Waals surface area contributed by atoms with Gasteiger partial charge in [-0.15, -0.1) is 11.3 Å². The number of hydrogen-bond donors (Lipinski definition) is 1. The van der Waals surface area contributed by atoms with Crippen molar-refractivity contribution in [2.75, 3.05) is 20.3 Å². The Kier molecular flexibility index (Phi) is 7.19. The summed E-state index contributed by atoms with van der Waals surface area (Å²) >= 11 is 1.48. The lowest BCUT2D eigenvalue weighted by molar-refractivity contribution is -0.192. The van der Waals surface area contributed by atoms with Crippen LogP contribution in [-0.2, 0) is 22.5 Å². The molecule has 28 heavy (non-hydrogen) atoms. The van der Waals surface area contributed by atoms with Crippen molar-refractivity contribution >= 4 is 23.2 Å². The molecule has 0 bridgehead atoms. The SMILES string of the molecule is CCn1ncc2c1C(COC)N(C(=O)c1cccs1)CC2.O=C(O)C(F)(F)F. The van der Waals surface area contributed by atoms with Crippen LogP contribution in [0.3, 0.4) is 0 Å². The molecule has 1 atom stereocenters. The van der Waals surface area contributed by atoms with Gasteiger partial charge in [-0.3, -0.25) is 9.48 Å². The van der Waals surface area contributed by atoms with Crippen molar-refractivity contribution in [1.29, 1.82) is 0 Å². The van der Waals surface area contributed by atoms with Crippen molar-refractivity contribution in [2.45, 2.75) is 32.1 Å². The van der Waals surface area contributed by atoms with Gasteiger partial charge < -0.3 is 14.7 Å². The number of carbonyl (C=O) groups is 2. The third-order valence-electron chi connectivity index (χ3n) is 4.13. The van der Waals surface area contributed by atoms with Crippen molar-refractivity contribution in [2.24, 2.45) is 0 Å². The molecule has 0 spiro atoms. The van der Waals surface area contributed by atoms with Crippen molar-refractivity contribution in [1.82, 2.24) is 14.7 Å². The highest BCUT2D eigenvalue weighted by atomic mass is 32.1. The van der Waals surface area contributed by atoms with E-state index in [9.17, 15) is 18.0 Å². The number of thiophene rings is 1. The zero-order chi connectivity index (χ0) is 20.9. The number of rotatable bonds is 4. The maximum atomic E-state index is 12.7. The van der Waals surface area contributed by atoms with E-state index in [0.29, 0.717) is 13.2 Å². The molecule has 0 aromatic carbocycles. The average Bonchev–Trinajstić information content (AvgIpc) is 3.31. The molecule has 3 rings (SSSR count). The number of aromatic nitrogens is 2. The van der Waals surface area contributed by atoms with Crippen LogP contribution >= 0.6 is 11.3 Å². The number of alkyl halides is 3. The van der Waals surface area contributed by atoms with Crippen molar-refractivity contribution in [3.63, 3.8) is 0 Å². The number of halogens is 3. The number of amides is 1. The van der Waals surface area contributed by atoms with Crippen molar-refractivity contribution in [3.05, 3.63) is 39.8 Å². The number of hydrogen-bond acceptors (Lipinski definition) is 5. The van der Waals surface area contributed by atoms with Crippen molar-refractivity contribution < 1.29 is 32.6 Å². The Morgan fingerprint density at radius 3 is 2.61 bits per heavy atom. The zero-order valence-electron chi connectivity index (χ0n) is 15.3. The first-order chi connectivity index (χ1) is 13.2. The second-order valence-corrected chi connectivity index (χ2v) is 6.82. The highest BCUT2D eigenvalue weighted by molar-refractivity contribution is 7.12. The lowest BCUT2D eigenvalue weighted by atomic mass is 10.00.